The van der Waals surface area contributed by atoms with E-state index in [2.05, 4.69) is 5.32 Å². The molecule has 1 aromatic rings. The molecule has 4 heteroatoms. The molecule has 3 N–H and O–H groups in total. The maximum absolute atomic E-state index is 11.4. The van der Waals surface area contributed by atoms with Crippen LogP contribution in [0, 0.1) is 0 Å². The third-order valence-corrected chi connectivity index (χ3v) is 2.94. The fourth-order valence-corrected chi connectivity index (χ4v) is 1.90. The van der Waals surface area contributed by atoms with Crippen LogP contribution in [-0.4, -0.2) is 11.9 Å². The number of rotatable bonds is 1. The summed E-state index contributed by atoms with van der Waals surface area (Å²) < 4.78 is 0. The number of carbonyl (C=O) groups excluding carboxylic acids is 1. The highest BCUT2D eigenvalue weighted by Gasteiger charge is 2.25. The minimum absolute atomic E-state index is 0.0683. The second-order valence-corrected chi connectivity index (χ2v) is 4.23. The van der Waals surface area contributed by atoms with Crippen molar-refractivity contribution >= 4 is 17.5 Å². The van der Waals surface area contributed by atoms with E-state index >= 15 is 0 Å². The van der Waals surface area contributed by atoms with Gasteiger partial charge in [0.1, 0.15) is 0 Å². The number of carbonyl (C=O) groups is 1. The van der Waals surface area contributed by atoms with E-state index in [9.17, 15) is 4.79 Å². The van der Waals surface area contributed by atoms with E-state index in [0.717, 1.165) is 18.4 Å². The average Bonchev–Trinajstić information content (AvgIpc) is 2.23. The first-order valence-electron chi connectivity index (χ1n) is 4.98. The molecule has 0 radical (unpaired) electrons. The SMILES string of the molecule is NC1CCC(c2ccc(Cl)cc2)NC1=O. The van der Waals surface area contributed by atoms with Gasteiger partial charge in [0, 0.05) is 5.02 Å². The lowest BCUT2D eigenvalue weighted by Gasteiger charge is -2.27. The van der Waals surface area contributed by atoms with Gasteiger partial charge in [-0.1, -0.05) is 23.7 Å². The molecule has 0 aromatic heterocycles. The number of nitrogens with two attached hydrogens (primary N) is 1. The van der Waals surface area contributed by atoms with Gasteiger partial charge in [-0.3, -0.25) is 4.79 Å². The van der Waals surface area contributed by atoms with Crippen molar-refractivity contribution in [2.45, 2.75) is 24.9 Å². The van der Waals surface area contributed by atoms with Gasteiger partial charge in [0.25, 0.3) is 0 Å². The van der Waals surface area contributed by atoms with Crippen molar-refractivity contribution in [1.82, 2.24) is 5.32 Å². The normalized spacial score (nSPS) is 26.1. The lowest BCUT2D eigenvalue weighted by Crippen LogP contribution is -2.46. The summed E-state index contributed by atoms with van der Waals surface area (Å²) in [5.41, 5.74) is 6.69. The average molecular weight is 225 g/mol. The Labute approximate surface area is 93.6 Å². The molecule has 0 spiro atoms. The molecule has 0 saturated carbocycles. The Bertz CT molecular complexity index is 363. The van der Waals surface area contributed by atoms with E-state index in [0.29, 0.717) is 5.02 Å². The van der Waals surface area contributed by atoms with Crippen molar-refractivity contribution in [2.24, 2.45) is 5.73 Å². The summed E-state index contributed by atoms with van der Waals surface area (Å²) in [5.74, 6) is -0.0683. The maximum Gasteiger partial charge on any atom is 0.237 e. The van der Waals surface area contributed by atoms with Crippen molar-refractivity contribution in [3.05, 3.63) is 34.9 Å². The first-order valence-corrected chi connectivity index (χ1v) is 5.36. The van der Waals surface area contributed by atoms with Crippen LogP contribution in [0.4, 0.5) is 0 Å². The molecule has 1 aliphatic heterocycles. The summed E-state index contributed by atoms with van der Waals surface area (Å²) in [5, 5.41) is 3.60. The number of piperidine rings is 1. The Morgan fingerprint density at radius 1 is 1.27 bits per heavy atom. The molecule has 1 saturated heterocycles. The Morgan fingerprint density at radius 3 is 2.53 bits per heavy atom. The first-order chi connectivity index (χ1) is 7.16. The van der Waals surface area contributed by atoms with Crippen LogP contribution in [0.2, 0.25) is 5.02 Å². The lowest BCUT2D eigenvalue weighted by atomic mass is 9.95. The number of halogens is 1. The van der Waals surface area contributed by atoms with Gasteiger partial charge in [0.05, 0.1) is 12.1 Å². The molecule has 0 aliphatic carbocycles. The minimum atomic E-state index is -0.353. The van der Waals surface area contributed by atoms with Gasteiger partial charge in [-0.05, 0) is 30.5 Å². The van der Waals surface area contributed by atoms with Crippen molar-refractivity contribution < 1.29 is 4.79 Å². The number of amides is 1. The molecule has 80 valence electrons. The van der Waals surface area contributed by atoms with Gasteiger partial charge < -0.3 is 11.1 Å². The Morgan fingerprint density at radius 2 is 1.93 bits per heavy atom. The lowest BCUT2D eigenvalue weighted by molar-refractivity contribution is -0.124. The van der Waals surface area contributed by atoms with Crippen LogP contribution in [0.3, 0.4) is 0 Å². The zero-order valence-corrected chi connectivity index (χ0v) is 9.00. The summed E-state index contributed by atoms with van der Waals surface area (Å²) in [6.07, 6.45) is 1.62. The predicted molar refractivity (Wildman–Crippen MR) is 59.5 cm³/mol. The molecule has 1 amide bonds. The molecule has 1 fully saturated rings. The smallest absolute Gasteiger partial charge is 0.237 e. The van der Waals surface area contributed by atoms with Crippen molar-refractivity contribution in [3.63, 3.8) is 0 Å². The van der Waals surface area contributed by atoms with Gasteiger partial charge >= 0.3 is 0 Å². The third kappa shape index (κ3) is 2.30. The molecular weight excluding hydrogens is 212 g/mol. The van der Waals surface area contributed by atoms with E-state index in [1.807, 2.05) is 24.3 Å². The van der Waals surface area contributed by atoms with Gasteiger partial charge in [-0.25, -0.2) is 0 Å². The second-order valence-electron chi connectivity index (χ2n) is 3.80. The second kappa shape index (κ2) is 4.21. The molecule has 1 heterocycles. The number of benzene rings is 1. The predicted octanol–water partition coefficient (Wildman–Crippen LogP) is 1.62. The summed E-state index contributed by atoms with van der Waals surface area (Å²) in [6, 6.07) is 7.26. The molecule has 15 heavy (non-hydrogen) atoms. The summed E-state index contributed by atoms with van der Waals surface area (Å²) in [4.78, 5) is 11.4. The largest absolute Gasteiger partial charge is 0.348 e. The van der Waals surface area contributed by atoms with Crippen LogP contribution >= 0.6 is 11.6 Å². The zero-order chi connectivity index (χ0) is 10.8. The Hall–Kier alpha value is -1.06. The van der Waals surface area contributed by atoms with Gasteiger partial charge in [0.2, 0.25) is 5.91 Å². The monoisotopic (exact) mass is 224 g/mol. The molecule has 2 rings (SSSR count). The van der Waals surface area contributed by atoms with Gasteiger partial charge in [-0.15, -0.1) is 0 Å². The number of hydrogen-bond acceptors (Lipinski definition) is 2. The van der Waals surface area contributed by atoms with Crippen molar-refractivity contribution in [1.29, 1.82) is 0 Å². The van der Waals surface area contributed by atoms with Gasteiger partial charge in [0.15, 0.2) is 0 Å². The van der Waals surface area contributed by atoms with E-state index in [4.69, 9.17) is 17.3 Å². The topological polar surface area (TPSA) is 55.1 Å². The summed E-state index contributed by atoms with van der Waals surface area (Å²) in [6.45, 7) is 0. The van der Waals surface area contributed by atoms with Crippen LogP contribution in [0.25, 0.3) is 0 Å². The van der Waals surface area contributed by atoms with Crippen LogP contribution < -0.4 is 11.1 Å². The standard InChI is InChI=1S/C11H13ClN2O/c12-8-3-1-7(2-4-8)10-6-5-9(13)11(15)14-10/h1-4,9-10H,5-6,13H2,(H,14,15). The Kier molecular flexibility index (Phi) is 2.93. The van der Waals surface area contributed by atoms with Crippen molar-refractivity contribution in [3.8, 4) is 0 Å². The summed E-state index contributed by atoms with van der Waals surface area (Å²) >= 11 is 5.80. The van der Waals surface area contributed by atoms with Crippen LogP contribution in [0.15, 0.2) is 24.3 Å². The summed E-state index contributed by atoms with van der Waals surface area (Å²) in [7, 11) is 0. The molecule has 2 atom stereocenters. The molecule has 0 bridgehead atoms. The highest BCUT2D eigenvalue weighted by molar-refractivity contribution is 6.30. The maximum atomic E-state index is 11.4. The van der Waals surface area contributed by atoms with Crippen LogP contribution in [-0.2, 0) is 4.79 Å². The van der Waals surface area contributed by atoms with E-state index in [-0.39, 0.29) is 18.0 Å². The molecular formula is C11H13ClN2O. The zero-order valence-electron chi connectivity index (χ0n) is 8.24. The highest BCUT2D eigenvalue weighted by atomic mass is 35.5. The quantitative estimate of drug-likeness (QED) is 0.762. The first kappa shape index (κ1) is 10.5. The van der Waals surface area contributed by atoms with Crippen molar-refractivity contribution in [2.75, 3.05) is 0 Å². The Balaban J connectivity index is 2.12. The number of hydrogen-bond donors (Lipinski definition) is 2. The molecule has 3 nitrogen and oxygen atoms in total. The fourth-order valence-electron chi connectivity index (χ4n) is 1.77. The van der Waals surface area contributed by atoms with Crippen LogP contribution in [0.5, 0.6) is 0 Å². The van der Waals surface area contributed by atoms with E-state index in [1.165, 1.54) is 0 Å². The van der Waals surface area contributed by atoms with E-state index in [1.54, 1.807) is 0 Å². The van der Waals surface area contributed by atoms with E-state index < -0.39 is 0 Å². The van der Waals surface area contributed by atoms with Crippen LogP contribution in [0.1, 0.15) is 24.4 Å². The fraction of sp³-hybridized carbons (Fsp3) is 0.364. The highest BCUT2D eigenvalue weighted by Crippen LogP contribution is 2.24. The molecule has 1 aromatic carbocycles. The number of nitrogens with one attached hydrogen (secondary N) is 1. The molecule has 1 aliphatic rings. The third-order valence-electron chi connectivity index (χ3n) is 2.69. The molecule has 2 unspecified atom stereocenters. The minimum Gasteiger partial charge on any atom is -0.348 e. The van der Waals surface area contributed by atoms with Gasteiger partial charge in [-0.2, -0.15) is 0 Å².